The number of carbonyl (C=O) groups is 4. The summed E-state index contributed by atoms with van der Waals surface area (Å²) in [6, 6.07) is 0. The minimum Gasteiger partial charge on any atom is -0.394 e. The lowest BCUT2D eigenvalue weighted by Gasteiger charge is -2.42. The highest BCUT2D eigenvalue weighted by Crippen LogP contribution is 2.25. The molecule has 4 unspecified atom stereocenters. The quantitative estimate of drug-likeness (QED) is 0.0416. The molecule has 2 aliphatic rings. The van der Waals surface area contributed by atoms with Gasteiger partial charge in [-0.15, -0.1) is 0 Å². The Morgan fingerprint density at radius 1 is 0.952 bits per heavy atom. The fourth-order valence-electron chi connectivity index (χ4n) is 4.00. The first-order chi connectivity index (χ1) is 19.8. The summed E-state index contributed by atoms with van der Waals surface area (Å²) < 4.78 is 20.1. The van der Waals surface area contributed by atoms with E-state index in [2.05, 4.69) is 15.4 Å². The number of cyclic esters (lactones) is 2. The van der Waals surface area contributed by atoms with E-state index in [1.54, 1.807) is 0 Å². The van der Waals surface area contributed by atoms with Crippen LogP contribution in [0.2, 0.25) is 0 Å². The zero-order valence-corrected chi connectivity index (χ0v) is 22.7. The fourth-order valence-corrected chi connectivity index (χ4v) is 4.00. The number of aliphatic hydroxyl groups is 8. The molecule has 18 heteroatoms. The Labute approximate surface area is 239 Å². The summed E-state index contributed by atoms with van der Waals surface area (Å²) in [6.45, 7) is -0.476. The van der Waals surface area contributed by atoms with Gasteiger partial charge < -0.3 is 70.4 Å². The number of nitrogens with one attached hydrogen (secondary N) is 2. The van der Waals surface area contributed by atoms with Crippen LogP contribution in [0.5, 0.6) is 0 Å². The first-order valence-corrected chi connectivity index (χ1v) is 13.0. The molecular weight excluding hydrogens is 572 g/mol. The Morgan fingerprint density at radius 2 is 1.60 bits per heavy atom. The maximum Gasteiger partial charge on any atom is 0.342 e. The van der Waals surface area contributed by atoms with E-state index in [-0.39, 0.29) is 50.3 Å². The number of aliphatic hydroxyl groups excluding tert-OH is 8. The Hall–Kier alpha value is -2.62. The smallest absolute Gasteiger partial charge is 0.342 e. The standard InChI is InChI=1S/C24H38N2O16/c1-10-11(23(38)42-22(10)37)2-3-14(30)25-4-6-39-7-5-26-21(36)18(34)17(33)20(12(29)8-27)41-24-19(35)16(32)15(31)13(9-28)40-24/h12-13,15-20,24,27-29,31-35H,2-9H2,1H3,(H,25,30)(H,26,36)/t12?,13-,15+,16+,17?,18?,19-,20?,24+/m1/s1. The van der Waals surface area contributed by atoms with Crippen LogP contribution in [0.15, 0.2) is 11.1 Å². The SMILES string of the molecule is CC1=C(CCC(=O)NCCOCCNC(=O)C(O)C(O)C(O[C@@H]2O[C@H](CO)[C@H](O)[C@H](O)[C@H]2O)C(O)CO)C(=O)OC1=O. The van der Waals surface area contributed by atoms with Gasteiger partial charge in [-0.3, -0.25) is 9.59 Å². The summed E-state index contributed by atoms with van der Waals surface area (Å²) in [5, 5.41) is 84.1. The summed E-state index contributed by atoms with van der Waals surface area (Å²) in [6.07, 6.45) is -17.0. The summed E-state index contributed by atoms with van der Waals surface area (Å²) in [4.78, 5) is 47.0. The maximum atomic E-state index is 12.3. The molecule has 0 bridgehead atoms. The van der Waals surface area contributed by atoms with Gasteiger partial charge in [-0.1, -0.05) is 0 Å². The normalized spacial score (nSPS) is 27.3. The lowest BCUT2D eigenvalue weighted by Crippen LogP contribution is -2.62. The van der Waals surface area contributed by atoms with Gasteiger partial charge >= 0.3 is 11.9 Å². The molecular formula is C24H38N2O16. The molecule has 1 fully saturated rings. The van der Waals surface area contributed by atoms with Crippen molar-refractivity contribution in [2.24, 2.45) is 0 Å². The number of hydrogen-bond acceptors (Lipinski definition) is 16. The van der Waals surface area contributed by atoms with Gasteiger partial charge in [-0.05, 0) is 13.3 Å². The van der Waals surface area contributed by atoms with Gasteiger partial charge in [0, 0.05) is 30.7 Å². The fraction of sp³-hybridized carbons (Fsp3) is 0.750. The average Bonchev–Trinajstić information content (AvgIpc) is 3.22. The van der Waals surface area contributed by atoms with Gasteiger partial charge in [0.2, 0.25) is 5.91 Å². The number of rotatable bonds is 17. The van der Waals surface area contributed by atoms with Crippen LogP contribution in [0.25, 0.3) is 0 Å². The van der Waals surface area contributed by atoms with E-state index in [9.17, 15) is 60.0 Å². The van der Waals surface area contributed by atoms with Crippen molar-refractivity contribution in [1.82, 2.24) is 10.6 Å². The number of ether oxygens (including phenoxy) is 4. The number of amides is 2. The Bertz CT molecular complexity index is 974. The lowest BCUT2D eigenvalue weighted by atomic mass is 9.98. The highest BCUT2D eigenvalue weighted by molar-refractivity contribution is 6.12. The lowest BCUT2D eigenvalue weighted by molar-refractivity contribution is -0.326. The molecule has 240 valence electrons. The van der Waals surface area contributed by atoms with Crippen LogP contribution in [0, 0.1) is 0 Å². The Morgan fingerprint density at radius 3 is 2.17 bits per heavy atom. The summed E-state index contributed by atoms with van der Waals surface area (Å²) >= 11 is 0. The van der Waals surface area contributed by atoms with Gasteiger partial charge in [0.15, 0.2) is 12.4 Å². The van der Waals surface area contributed by atoms with E-state index >= 15 is 0 Å². The molecule has 2 amide bonds. The molecule has 10 N–H and O–H groups in total. The van der Waals surface area contributed by atoms with E-state index in [4.69, 9.17) is 14.2 Å². The van der Waals surface area contributed by atoms with Crippen LogP contribution in [0.1, 0.15) is 19.8 Å². The second-order valence-corrected chi connectivity index (χ2v) is 9.52. The van der Waals surface area contributed by atoms with Crippen molar-refractivity contribution in [3.05, 3.63) is 11.1 Å². The zero-order chi connectivity index (χ0) is 31.6. The van der Waals surface area contributed by atoms with Crippen molar-refractivity contribution < 1.29 is 79.0 Å². The summed E-state index contributed by atoms with van der Waals surface area (Å²) in [5.74, 6) is -3.03. The van der Waals surface area contributed by atoms with E-state index in [0.29, 0.717) is 0 Å². The first kappa shape index (κ1) is 35.6. The van der Waals surface area contributed by atoms with Crippen molar-refractivity contribution in [3.8, 4) is 0 Å². The predicted molar refractivity (Wildman–Crippen MR) is 134 cm³/mol. The molecule has 0 aromatic rings. The topological polar surface area (TPSA) is 291 Å². The molecule has 0 aromatic heterocycles. The van der Waals surface area contributed by atoms with Crippen LogP contribution in [-0.2, 0) is 38.1 Å². The minimum absolute atomic E-state index is 0.0345. The molecule has 18 nitrogen and oxygen atoms in total. The van der Waals surface area contributed by atoms with Gasteiger partial charge in [0.1, 0.15) is 42.7 Å². The number of hydrogen-bond donors (Lipinski definition) is 10. The average molecular weight is 611 g/mol. The molecule has 0 spiro atoms. The van der Waals surface area contributed by atoms with Crippen LogP contribution >= 0.6 is 0 Å². The van der Waals surface area contributed by atoms with Crippen LogP contribution < -0.4 is 10.6 Å². The molecule has 0 aliphatic carbocycles. The van der Waals surface area contributed by atoms with E-state index in [1.807, 2.05) is 0 Å². The molecule has 0 saturated carbocycles. The van der Waals surface area contributed by atoms with Crippen molar-refractivity contribution >= 4 is 23.8 Å². The second-order valence-electron chi connectivity index (χ2n) is 9.52. The van der Waals surface area contributed by atoms with Crippen molar-refractivity contribution in [2.45, 2.75) is 74.9 Å². The highest BCUT2D eigenvalue weighted by atomic mass is 16.7. The van der Waals surface area contributed by atoms with Gasteiger partial charge in [-0.25, -0.2) is 9.59 Å². The first-order valence-electron chi connectivity index (χ1n) is 13.0. The van der Waals surface area contributed by atoms with Gasteiger partial charge in [-0.2, -0.15) is 0 Å². The predicted octanol–water partition coefficient (Wildman–Crippen LogP) is -6.32. The molecule has 42 heavy (non-hydrogen) atoms. The third-order valence-corrected chi connectivity index (χ3v) is 6.54. The van der Waals surface area contributed by atoms with Crippen molar-refractivity contribution in [2.75, 3.05) is 39.5 Å². The molecule has 2 heterocycles. The van der Waals surface area contributed by atoms with Crippen LogP contribution in [0.4, 0.5) is 0 Å². The third-order valence-electron chi connectivity index (χ3n) is 6.54. The van der Waals surface area contributed by atoms with Gasteiger partial charge in [0.05, 0.1) is 26.4 Å². The number of esters is 2. The molecule has 2 aliphatic heterocycles. The highest BCUT2D eigenvalue weighted by Gasteiger charge is 2.47. The molecule has 9 atom stereocenters. The van der Waals surface area contributed by atoms with Crippen LogP contribution in [-0.4, -0.2) is 159 Å². The van der Waals surface area contributed by atoms with E-state index < -0.39 is 92.1 Å². The third kappa shape index (κ3) is 9.44. The zero-order valence-electron chi connectivity index (χ0n) is 22.7. The summed E-state index contributed by atoms with van der Waals surface area (Å²) in [7, 11) is 0. The minimum atomic E-state index is -2.22. The van der Waals surface area contributed by atoms with Crippen molar-refractivity contribution in [3.63, 3.8) is 0 Å². The molecule has 0 aromatic carbocycles. The van der Waals surface area contributed by atoms with Crippen molar-refractivity contribution in [1.29, 1.82) is 0 Å². The Balaban J connectivity index is 1.73. The van der Waals surface area contributed by atoms with Gasteiger partial charge in [0.25, 0.3) is 5.91 Å². The van der Waals surface area contributed by atoms with E-state index in [0.717, 1.165) is 0 Å². The van der Waals surface area contributed by atoms with Crippen LogP contribution in [0.3, 0.4) is 0 Å². The van der Waals surface area contributed by atoms with E-state index in [1.165, 1.54) is 6.92 Å². The second kappa shape index (κ2) is 16.9. The Kier molecular flexibility index (Phi) is 14.3. The maximum absolute atomic E-state index is 12.3. The largest absolute Gasteiger partial charge is 0.394 e. The molecule has 0 radical (unpaired) electrons. The number of carbonyl (C=O) groups excluding carboxylic acids is 4. The monoisotopic (exact) mass is 610 g/mol. The molecule has 1 saturated heterocycles. The summed E-state index contributed by atoms with van der Waals surface area (Å²) in [5.41, 5.74) is 0.310. The molecule has 2 rings (SSSR count).